The van der Waals surface area contributed by atoms with E-state index in [0.29, 0.717) is 5.56 Å². The van der Waals surface area contributed by atoms with Crippen LogP contribution in [0.25, 0.3) is 11.1 Å². The van der Waals surface area contributed by atoms with Crippen LogP contribution in [-0.2, 0) is 6.42 Å². The van der Waals surface area contributed by atoms with Gasteiger partial charge in [0.2, 0.25) is 0 Å². The van der Waals surface area contributed by atoms with E-state index in [4.69, 9.17) is 5.11 Å². The first-order valence-corrected chi connectivity index (χ1v) is 5.62. The summed E-state index contributed by atoms with van der Waals surface area (Å²) in [7, 11) is 0. The zero-order chi connectivity index (χ0) is 12.0. The van der Waals surface area contributed by atoms with Gasteiger partial charge in [0.15, 0.2) is 0 Å². The van der Waals surface area contributed by atoms with Crippen LogP contribution in [0.3, 0.4) is 0 Å². The van der Waals surface area contributed by atoms with Gasteiger partial charge in [-0.15, -0.1) is 0 Å². The lowest BCUT2D eigenvalue weighted by molar-refractivity contribution is 0.0696. The highest BCUT2D eigenvalue weighted by molar-refractivity contribution is 5.94. The maximum Gasteiger partial charge on any atom is 0.335 e. The van der Waals surface area contributed by atoms with E-state index in [1.165, 1.54) is 16.7 Å². The lowest BCUT2D eigenvalue weighted by atomic mass is 9.96. The van der Waals surface area contributed by atoms with Gasteiger partial charge in [0, 0.05) is 0 Å². The Morgan fingerprint density at radius 1 is 1.12 bits per heavy atom. The van der Waals surface area contributed by atoms with E-state index in [1.807, 2.05) is 25.1 Å². The minimum atomic E-state index is -0.852. The molecular formula is C15H12O2. The van der Waals surface area contributed by atoms with Crippen molar-refractivity contribution in [2.75, 3.05) is 0 Å². The summed E-state index contributed by atoms with van der Waals surface area (Å²) in [4.78, 5) is 11.1. The molecule has 1 aliphatic carbocycles. The molecule has 0 fully saturated rings. The van der Waals surface area contributed by atoms with Crippen molar-refractivity contribution in [2.24, 2.45) is 0 Å². The fourth-order valence-electron chi connectivity index (χ4n) is 2.65. The highest BCUT2D eigenvalue weighted by Crippen LogP contribution is 2.39. The highest BCUT2D eigenvalue weighted by atomic mass is 16.4. The van der Waals surface area contributed by atoms with Crippen molar-refractivity contribution in [1.82, 2.24) is 0 Å². The van der Waals surface area contributed by atoms with E-state index in [1.54, 1.807) is 6.07 Å². The molecule has 0 unspecified atom stereocenters. The molecule has 0 saturated heterocycles. The molecule has 1 N–H and O–H groups in total. The summed E-state index contributed by atoms with van der Waals surface area (Å²) >= 11 is 0. The van der Waals surface area contributed by atoms with Crippen LogP contribution in [0.5, 0.6) is 0 Å². The first-order chi connectivity index (χ1) is 8.18. The van der Waals surface area contributed by atoms with Crippen molar-refractivity contribution in [1.29, 1.82) is 0 Å². The Morgan fingerprint density at radius 3 is 2.65 bits per heavy atom. The largest absolute Gasteiger partial charge is 0.478 e. The summed E-state index contributed by atoms with van der Waals surface area (Å²) in [6.45, 7) is 1.89. The molecular weight excluding hydrogens is 212 g/mol. The molecule has 2 heteroatoms. The SMILES string of the molecule is Cc1c(C(=O)O)ccc2c1-c1ccccc1C2. The maximum absolute atomic E-state index is 11.1. The van der Waals surface area contributed by atoms with Gasteiger partial charge in [-0.3, -0.25) is 0 Å². The smallest absolute Gasteiger partial charge is 0.335 e. The standard InChI is InChI=1S/C15H12O2/c1-9-12(15(16)17)7-6-11-8-10-4-2-3-5-13(10)14(9)11/h2-7H,8H2,1H3,(H,16,17). The molecule has 0 radical (unpaired) electrons. The van der Waals surface area contributed by atoms with E-state index < -0.39 is 5.97 Å². The second-order valence-electron chi connectivity index (χ2n) is 4.41. The lowest BCUT2D eigenvalue weighted by Gasteiger charge is -2.08. The van der Waals surface area contributed by atoms with E-state index in [9.17, 15) is 4.79 Å². The van der Waals surface area contributed by atoms with Crippen molar-refractivity contribution in [2.45, 2.75) is 13.3 Å². The van der Waals surface area contributed by atoms with Crippen molar-refractivity contribution >= 4 is 5.97 Å². The van der Waals surface area contributed by atoms with Gasteiger partial charge in [-0.25, -0.2) is 4.79 Å². The summed E-state index contributed by atoms with van der Waals surface area (Å²) < 4.78 is 0. The zero-order valence-corrected chi connectivity index (χ0v) is 9.53. The minimum absolute atomic E-state index is 0.403. The number of hydrogen-bond acceptors (Lipinski definition) is 1. The second kappa shape index (κ2) is 3.45. The predicted molar refractivity (Wildman–Crippen MR) is 66.4 cm³/mol. The molecule has 0 spiro atoms. The van der Waals surface area contributed by atoms with Gasteiger partial charge in [-0.2, -0.15) is 0 Å². The molecule has 0 amide bonds. The predicted octanol–water partition coefficient (Wildman–Crippen LogP) is 3.26. The molecule has 1 aliphatic rings. The van der Waals surface area contributed by atoms with Crippen molar-refractivity contribution < 1.29 is 9.90 Å². The summed E-state index contributed by atoms with van der Waals surface area (Å²) in [5, 5.41) is 9.14. The molecule has 0 aromatic heterocycles. The molecule has 0 heterocycles. The van der Waals surface area contributed by atoms with Crippen LogP contribution in [0.1, 0.15) is 27.0 Å². The van der Waals surface area contributed by atoms with Gasteiger partial charge >= 0.3 is 5.97 Å². The van der Waals surface area contributed by atoms with Crippen LogP contribution in [0.15, 0.2) is 36.4 Å². The number of hydrogen-bond donors (Lipinski definition) is 1. The topological polar surface area (TPSA) is 37.3 Å². The van der Waals surface area contributed by atoms with E-state index in [2.05, 4.69) is 12.1 Å². The molecule has 2 aromatic carbocycles. The Bertz CT molecular complexity index is 627. The number of aromatic carboxylic acids is 1. The Morgan fingerprint density at radius 2 is 1.88 bits per heavy atom. The average molecular weight is 224 g/mol. The van der Waals surface area contributed by atoms with Gasteiger partial charge in [0.05, 0.1) is 5.56 Å². The van der Waals surface area contributed by atoms with Crippen LogP contribution in [-0.4, -0.2) is 11.1 Å². The van der Waals surface area contributed by atoms with Crippen LogP contribution in [0.2, 0.25) is 0 Å². The molecule has 17 heavy (non-hydrogen) atoms. The van der Waals surface area contributed by atoms with Crippen LogP contribution in [0.4, 0.5) is 0 Å². The van der Waals surface area contributed by atoms with E-state index in [-0.39, 0.29) is 0 Å². The maximum atomic E-state index is 11.1. The monoisotopic (exact) mass is 224 g/mol. The first-order valence-electron chi connectivity index (χ1n) is 5.62. The highest BCUT2D eigenvalue weighted by Gasteiger charge is 2.22. The molecule has 0 atom stereocenters. The van der Waals surface area contributed by atoms with Crippen LogP contribution < -0.4 is 0 Å². The summed E-state index contributed by atoms with van der Waals surface area (Å²) in [5.74, 6) is -0.852. The molecule has 0 saturated carbocycles. The number of rotatable bonds is 1. The van der Waals surface area contributed by atoms with Crippen LogP contribution >= 0.6 is 0 Å². The fourth-order valence-corrected chi connectivity index (χ4v) is 2.65. The van der Waals surface area contributed by atoms with Gasteiger partial charge in [-0.05, 0) is 47.2 Å². The molecule has 2 aromatic rings. The Labute approximate surface area is 99.5 Å². The zero-order valence-electron chi connectivity index (χ0n) is 9.53. The third-order valence-electron chi connectivity index (χ3n) is 3.45. The molecule has 0 bridgehead atoms. The minimum Gasteiger partial charge on any atom is -0.478 e. The molecule has 0 aliphatic heterocycles. The van der Waals surface area contributed by atoms with E-state index >= 15 is 0 Å². The Hall–Kier alpha value is -2.09. The quantitative estimate of drug-likeness (QED) is 0.688. The van der Waals surface area contributed by atoms with Gasteiger partial charge in [-0.1, -0.05) is 30.3 Å². The Kier molecular flexibility index (Phi) is 2.05. The van der Waals surface area contributed by atoms with Gasteiger partial charge < -0.3 is 5.11 Å². The number of carboxylic acid groups (broad SMARTS) is 1. The second-order valence-corrected chi connectivity index (χ2v) is 4.41. The third-order valence-corrected chi connectivity index (χ3v) is 3.45. The van der Waals surface area contributed by atoms with E-state index in [0.717, 1.165) is 17.5 Å². The molecule has 3 rings (SSSR count). The fraction of sp³-hybridized carbons (Fsp3) is 0.133. The Balaban J connectivity index is 2.31. The molecule has 84 valence electrons. The van der Waals surface area contributed by atoms with Crippen molar-refractivity contribution in [3.05, 3.63) is 58.7 Å². The summed E-state index contributed by atoms with van der Waals surface area (Å²) in [5.41, 5.74) is 6.09. The summed E-state index contributed by atoms with van der Waals surface area (Å²) in [6.07, 6.45) is 0.909. The first kappa shape index (κ1) is 10.1. The number of benzene rings is 2. The van der Waals surface area contributed by atoms with Gasteiger partial charge in [0.1, 0.15) is 0 Å². The third kappa shape index (κ3) is 1.37. The van der Waals surface area contributed by atoms with Crippen LogP contribution in [0, 0.1) is 6.92 Å². The average Bonchev–Trinajstić information content (AvgIpc) is 2.67. The summed E-state index contributed by atoms with van der Waals surface area (Å²) in [6, 6.07) is 11.8. The number of fused-ring (bicyclic) bond motifs is 3. The van der Waals surface area contributed by atoms with Crippen molar-refractivity contribution in [3.63, 3.8) is 0 Å². The lowest BCUT2D eigenvalue weighted by Crippen LogP contribution is -2.01. The molecule has 2 nitrogen and oxygen atoms in total. The number of carboxylic acids is 1. The van der Waals surface area contributed by atoms with Gasteiger partial charge in [0.25, 0.3) is 0 Å². The normalized spacial score (nSPS) is 12.1. The van der Waals surface area contributed by atoms with Crippen molar-refractivity contribution in [3.8, 4) is 11.1 Å². The number of carbonyl (C=O) groups is 1.